The zero-order valence-electron chi connectivity index (χ0n) is 17.2. The van der Waals surface area contributed by atoms with Crippen LogP contribution in [0.3, 0.4) is 0 Å². The Morgan fingerprint density at radius 3 is 2.52 bits per heavy atom. The molecule has 1 fully saturated rings. The van der Waals surface area contributed by atoms with Crippen LogP contribution in [0, 0.1) is 0 Å². The van der Waals surface area contributed by atoms with E-state index in [0.717, 1.165) is 41.7 Å². The fourth-order valence-corrected chi connectivity index (χ4v) is 4.43. The third-order valence-corrected chi connectivity index (χ3v) is 6.81. The summed E-state index contributed by atoms with van der Waals surface area (Å²) >= 11 is 7.98. The van der Waals surface area contributed by atoms with Crippen molar-refractivity contribution in [2.45, 2.75) is 35.2 Å². The Bertz CT molecular complexity index is 1050. The van der Waals surface area contributed by atoms with Gasteiger partial charge in [0.1, 0.15) is 10.8 Å². The van der Waals surface area contributed by atoms with E-state index in [1.807, 2.05) is 30.3 Å². The number of aromatic nitrogens is 2. The molecule has 3 aromatic rings. The van der Waals surface area contributed by atoms with E-state index in [9.17, 15) is 4.79 Å². The van der Waals surface area contributed by atoms with Gasteiger partial charge in [0.15, 0.2) is 0 Å². The molecule has 0 saturated carbocycles. The third-order valence-electron chi connectivity index (χ3n) is 5.31. The van der Waals surface area contributed by atoms with Gasteiger partial charge in [-0.2, -0.15) is 0 Å². The molecule has 1 amide bonds. The van der Waals surface area contributed by atoms with Gasteiger partial charge in [0, 0.05) is 29.1 Å². The third kappa shape index (κ3) is 5.36. The summed E-state index contributed by atoms with van der Waals surface area (Å²) in [5.41, 5.74) is 7.25. The number of nitrogens with two attached hydrogens (primary N) is 1. The molecular formula is C23H24ClN5OS. The van der Waals surface area contributed by atoms with Crippen LogP contribution in [0.25, 0.3) is 0 Å². The Labute approximate surface area is 191 Å². The van der Waals surface area contributed by atoms with Crippen LogP contribution in [0.2, 0.25) is 5.02 Å². The second kappa shape index (κ2) is 9.26. The predicted octanol–water partition coefficient (Wildman–Crippen LogP) is 4.85. The van der Waals surface area contributed by atoms with Gasteiger partial charge < -0.3 is 16.0 Å². The van der Waals surface area contributed by atoms with Crippen molar-refractivity contribution in [3.8, 4) is 0 Å². The van der Waals surface area contributed by atoms with E-state index < -0.39 is 0 Å². The minimum absolute atomic E-state index is 0.0998. The van der Waals surface area contributed by atoms with Gasteiger partial charge in [-0.1, -0.05) is 47.6 Å². The van der Waals surface area contributed by atoms with Crippen LogP contribution in [0.5, 0.6) is 0 Å². The number of halogens is 1. The number of carbonyl (C=O) groups excluding carboxylic acids is 1. The largest absolute Gasteiger partial charge is 0.355 e. The lowest BCUT2D eigenvalue weighted by Crippen LogP contribution is -2.48. The van der Waals surface area contributed by atoms with Gasteiger partial charge in [-0.3, -0.25) is 4.79 Å². The number of piperidine rings is 1. The van der Waals surface area contributed by atoms with E-state index in [4.69, 9.17) is 17.3 Å². The first kappa shape index (κ1) is 21.6. The van der Waals surface area contributed by atoms with Gasteiger partial charge >= 0.3 is 0 Å². The SMILES string of the molecule is CC1(N)CCN(c2cnc(Sc3cccc(NC(=O)c4ccccc4)c3Cl)cn2)CC1. The van der Waals surface area contributed by atoms with Crippen molar-refractivity contribution >= 4 is 40.8 Å². The first-order valence-electron chi connectivity index (χ1n) is 10.1. The molecule has 2 heterocycles. The molecule has 1 saturated heterocycles. The van der Waals surface area contributed by atoms with E-state index in [2.05, 4.69) is 27.1 Å². The Kier molecular flexibility index (Phi) is 6.46. The number of rotatable bonds is 5. The van der Waals surface area contributed by atoms with Crippen LogP contribution in [-0.4, -0.2) is 34.5 Å². The number of benzene rings is 2. The summed E-state index contributed by atoms with van der Waals surface area (Å²) in [6.45, 7) is 3.85. The average molecular weight is 454 g/mol. The summed E-state index contributed by atoms with van der Waals surface area (Å²) in [5.74, 6) is 0.652. The summed E-state index contributed by atoms with van der Waals surface area (Å²) < 4.78 is 0. The van der Waals surface area contributed by atoms with E-state index in [0.29, 0.717) is 16.3 Å². The molecule has 3 N–H and O–H groups in total. The lowest BCUT2D eigenvalue weighted by Gasteiger charge is -2.37. The van der Waals surface area contributed by atoms with Crippen LogP contribution in [0.15, 0.2) is 70.8 Å². The Morgan fingerprint density at radius 1 is 1.10 bits per heavy atom. The average Bonchev–Trinajstić information content (AvgIpc) is 2.78. The summed E-state index contributed by atoms with van der Waals surface area (Å²) in [6, 6.07) is 14.6. The van der Waals surface area contributed by atoms with Crippen LogP contribution in [-0.2, 0) is 0 Å². The van der Waals surface area contributed by atoms with Crippen LogP contribution < -0.4 is 16.0 Å². The van der Waals surface area contributed by atoms with E-state index in [1.54, 1.807) is 30.6 Å². The lowest BCUT2D eigenvalue weighted by atomic mass is 9.91. The lowest BCUT2D eigenvalue weighted by molar-refractivity contribution is 0.102. The highest BCUT2D eigenvalue weighted by molar-refractivity contribution is 7.99. The highest BCUT2D eigenvalue weighted by atomic mass is 35.5. The molecule has 31 heavy (non-hydrogen) atoms. The van der Waals surface area contributed by atoms with Gasteiger partial charge in [0.05, 0.1) is 23.1 Å². The molecule has 160 valence electrons. The molecule has 1 aliphatic heterocycles. The number of anilines is 2. The normalized spacial score (nSPS) is 15.5. The summed E-state index contributed by atoms with van der Waals surface area (Å²) in [4.78, 5) is 24.6. The van der Waals surface area contributed by atoms with Crippen molar-refractivity contribution in [2.75, 3.05) is 23.3 Å². The molecule has 0 bridgehead atoms. The van der Waals surface area contributed by atoms with E-state index in [-0.39, 0.29) is 11.4 Å². The Morgan fingerprint density at radius 2 is 1.84 bits per heavy atom. The topological polar surface area (TPSA) is 84.1 Å². The van der Waals surface area contributed by atoms with E-state index in [1.165, 1.54) is 11.8 Å². The molecule has 0 spiro atoms. The number of amides is 1. The van der Waals surface area contributed by atoms with Crippen molar-refractivity contribution < 1.29 is 4.79 Å². The number of carbonyl (C=O) groups is 1. The number of nitrogens with one attached hydrogen (secondary N) is 1. The van der Waals surface area contributed by atoms with Gasteiger partial charge in [0.25, 0.3) is 5.91 Å². The van der Waals surface area contributed by atoms with Gasteiger partial charge in [-0.25, -0.2) is 9.97 Å². The quantitative estimate of drug-likeness (QED) is 0.574. The van der Waals surface area contributed by atoms with Gasteiger partial charge in [-0.05, 0) is 44.0 Å². The summed E-state index contributed by atoms with van der Waals surface area (Å²) in [7, 11) is 0. The molecule has 2 aromatic carbocycles. The van der Waals surface area contributed by atoms with Crippen LogP contribution >= 0.6 is 23.4 Å². The molecule has 1 aliphatic rings. The summed E-state index contributed by atoms with van der Waals surface area (Å²) in [5, 5.41) is 4.08. The van der Waals surface area contributed by atoms with E-state index >= 15 is 0 Å². The van der Waals surface area contributed by atoms with Crippen molar-refractivity contribution in [1.82, 2.24) is 9.97 Å². The monoisotopic (exact) mass is 453 g/mol. The fraction of sp³-hybridized carbons (Fsp3) is 0.261. The maximum Gasteiger partial charge on any atom is 0.255 e. The molecule has 0 unspecified atom stereocenters. The summed E-state index contributed by atoms with van der Waals surface area (Å²) in [6.07, 6.45) is 5.41. The second-order valence-corrected chi connectivity index (χ2v) is 9.33. The van der Waals surface area contributed by atoms with Crippen molar-refractivity contribution in [3.05, 3.63) is 71.5 Å². The Balaban J connectivity index is 1.44. The standard InChI is InChI=1S/C23H24ClN5OS/c1-23(25)10-12-29(13-11-23)19-14-27-20(15-26-19)31-18-9-5-8-17(21(18)24)28-22(30)16-6-3-2-4-7-16/h2-9,14-15H,10-13,25H2,1H3,(H,28,30). The minimum atomic E-state index is -0.205. The molecule has 8 heteroatoms. The molecule has 0 aliphatic carbocycles. The smallest absolute Gasteiger partial charge is 0.255 e. The highest BCUT2D eigenvalue weighted by Gasteiger charge is 2.26. The first-order chi connectivity index (χ1) is 14.9. The van der Waals surface area contributed by atoms with Crippen molar-refractivity contribution in [3.63, 3.8) is 0 Å². The van der Waals surface area contributed by atoms with Crippen molar-refractivity contribution in [1.29, 1.82) is 0 Å². The zero-order valence-corrected chi connectivity index (χ0v) is 18.8. The maximum atomic E-state index is 12.5. The fourth-order valence-electron chi connectivity index (χ4n) is 3.35. The second-order valence-electron chi connectivity index (χ2n) is 7.89. The molecule has 4 rings (SSSR count). The molecular weight excluding hydrogens is 430 g/mol. The van der Waals surface area contributed by atoms with Crippen LogP contribution in [0.1, 0.15) is 30.1 Å². The zero-order chi connectivity index (χ0) is 21.8. The Hall–Kier alpha value is -2.61. The molecule has 0 radical (unpaired) electrons. The van der Waals surface area contributed by atoms with Crippen LogP contribution in [0.4, 0.5) is 11.5 Å². The van der Waals surface area contributed by atoms with Crippen molar-refractivity contribution in [2.24, 2.45) is 5.73 Å². The minimum Gasteiger partial charge on any atom is -0.355 e. The number of hydrogen-bond donors (Lipinski definition) is 2. The maximum absolute atomic E-state index is 12.5. The van der Waals surface area contributed by atoms with Gasteiger partial charge in [0.2, 0.25) is 0 Å². The molecule has 6 nitrogen and oxygen atoms in total. The van der Waals surface area contributed by atoms with Gasteiger partial charge in [-0.15, -0.1) is 0 Å². The molecule has 0 atom stereocenters. The predicted molar refractivity (Wildman–Crippen MR) is 126 cm³/mol. The molecule has 1 aromatic heterocycles. The number of nitrogens with zero attached hydrogens (tertiary/aromatic N) is 3. The first-order valence-corrected chi connectivity index (χ1v) is 11.3. The highest BCUT2D eigenvalue weighted by Crippen LogP contribution is 2.37. The number of hydrogen-bond acceptors (Lipinski definition) is 6.